The molecule has 0 aliphatic carbocycles. The topological polar surface area (TPSA) is 67.2 Å². The molecule has 1 atom stereocenters. The predicted molar refractivity (Wildman–Crippen MR) is 99.6 cm³/mol. The first-order chi connectivity index (χ1) is 12.0. The summed E-state index contributed by atoms with van der Waals surface area (Å²) in [5.74, 6) is -0.0648. The number of hydrogen-bond donors (Lipinski definition) is 2. The van der Waals surface area contributed by atoms with E-state index in [9.17, 15) is 9.90 Å². The summed E-state index contributed by atoms with van der Waals surface area (Å²) in [4.78, 5) is 12.5. The molecule has 0 radical (unpaired) electrons. The van der Waals surface area contributed by atoms with Gasteiger partial charge >= 0.3 is 0 Å². The van der Waals surface area contributed by atoms with E-state index in [-0.39, 0.29) is 18.6 Å². The first-order valence-electron chi connectivity index (χ1n) is 8.98. The fraction of sp³-hybridized carbons (Fsp3) is 0.500. The minimum Gasteiger partial charge on any atom is -0.394 e. The third-order valence-electron chi connectivity index (χ3n) is 4.68. The van der Waals surface area contributed by atoms with Crippen LogP contribution in [0.25, 0.3) is 0 Å². The Labute approximate surface area is 150 Å². The van der Waals surface area contributed by atoms with E-state index in [1.165, 1.54) is 5.56 Å². The number of carbonyl (C=O) groups excluding carboxylic acids is 1. The van der Waals surface area contributed by atoms with E-state index in [4.69, 9.17) is 0 Å². The van der Waals surface area contributed by atoms with Crippen molar-refractivity contribution in [3.63, 3.8) is 0 Å². The SMILES string of the molecule is CCc1nn(C)c(CC)c1CC(=O)NC(CO)Cc1ccccc1C. The maximum absolute atomic E-state index is 12.5. The molecular formula is C20H29N3O2. The van der Waals surface area contributed by atoms with Crippen molar-refractivity contribution in [2.75, 3.05) is 6.61 Å². The standard InChI is InChI=1S/C20H29N3O2/c1-5-18-17(19(6-2)23(4)22-18)12-20(25)21-16(13-24)11-15-10-8-7-9-14(15)3/h7-10,16,24H,5-6,11-13H2,1-4H3,(H,21,25). The number of carbonyl (C=O) groups is 1. The van der Waals surface area contributed by atoms with Crippen molar-refractivity contribution < 1.29 is 9.90 Å². The Balaban J connectivity index is 2.07. The van der Waals surface area contributed by atoms with Gasteiger partial charge in [-0.2, -0.15) is 5.10 Å². The third-order valence-corrected chi connectivity index (χ3v) is 4.68. The van der Waals surface area contributed by atoms with Crippen LogP contribution in [-0.4, -0.2) is 33.4 Å². The molecule has 1 amide bonds. The first kappa shape index (κ1) is 19.2. The Morgan fingerprint density at radius 3 is 2.60 bits per heavy atom. The van der Waals surface area contributed by atoms with E-state index in [0.29, 0.717) is 12.8 Å². The number of nitrogens with zero attached hydrogens (tertiary/aromatic N) is 2. The molecule has 0 spiro atoms. The number of nitrogens with one attached hydrogen (secondary N) is 1. The van der Waals surface area contributed by atoms with Crippen LogP contribution < -0.4 is 5.32 Å². The molecule has 1 heterocycles. The van der Waals surface area contributed by atoms with Crippen LogP contribution in [0, 0.1) is 6.92 Å². The van der Waals surface area contributed by atoms with Crippen LogP contribution in [0.4, 0.5) is 0 Å². The number of aliphatic hydroxyl groups is 1. The van der Waals surface area contributed by atoms with Gasteiger partial charge in [-0.15, -0.1) is 0 Å². The Hall–Kier alpha value is -2.14. The van der Waals surface area contributed by atoms with Gasteiger partial charge in [0.2, 0.25) is 5.91 Å². The normalized spacial score (nSPS) is 12.2. The molecule has 25 heavy (non-hydrogen) atoms. The molecule has 5 nitrogen and oxygen atoms in total. The largest absolute Gasteiger partial charge is 0.394 e. The summed E-state index contributed by atoms with van der Waals surface area (Å²) in [5.41, 5.74) is 5.42. The monoisotopic (exact) mass is 343 g/mol. The van der Waals surface area contributed by atoms with Gasteiger partial charge in [0.15, 0.2) is 0 Å². The summed E-state index contributed by atoms with van der Waals surface area (Å²) in [7, 11) is 1.92. The number of benzene rings is 1. The van der Waals surface area contributed by atoms with Crippen molar-refractivity contribution in [3.05, 3.63) is 52.3 Å². The second kappa shape index (κ2) is 8.81. The molecule has 2 N–H and O–H groups in total. The number of amides is 1. The molecule has 0 aliphatic rings. The van der Waals surface area contributed by atoms with Crippen LogP contribution in [0.15, 0.2) is 24.3 Å². The van der Waals surface area contributed by atoms with Gasteiger partial charge < -0.3 is 10.4 Å². The van der Waals surface area contributed by atoms with Crippen molar-refractivity contribution in [2.45, 2.75) is 52.5 Å². The highest BCUT2D eigenvalue weighted by molar-refractivity contribution is 5.79. The van der Waals surface area contributed by atoms with Crippen LogP contribution in [0.1, 0.15) is 41.9 Å². The quantitative estimate of drug-likeness (QED) is 0.771. The van der Waals surface area contributed by atoms with Crippen LogP contribution >= 0.6 is 0 Å². The maximum atomic E-state index is 12.5. The van der Waals surface area contributed by atoms with Gasteiger partial charge in [-0.25, -0.2) is 0 Å². The zero-order valence-electron chi connectivity index (χ0n) is 15.7. The molecular weight excluding hydrogens is 314 g/mol. The minimum absolute atomic E-state index is 0.0648. The summed E-state index contributed by atoms with van der Waals surface area (Å²) in [6.07, 6.45) is 2.59. The lowest BCUT2D eigenvalue weighted by molar-refractivity contribution is -0.121. The Morgan fingerprint density at radius 1 is 1.28 bits per heavy atom. The van der Waals surface area contributed by atoms with Crippen LogP contribution in [0.3, 0.4) is 0 Å². The van der Waals surface area contributed by atoms with Crippen LogP contribution in [0.5, 0.6) is 0 Å². The maximum Gasteiger partial charge on any atom is 0.224 e. The molecule has 2 aromatic rings. The Morgan fingerprint density at radius 2 is 2.00 bits per heavy atom. The average Bonchev–Trinajstić information content (AvgIpc) is 2.90. The Kier molecular flexibility index (Phi) is 6.76. The summed E-state index contributed by atoms with van der Waals surface area (Å²) in [6, 6.07) is 7.78. The van der Waals surface area contributed by atoms with Crippen molar-refractivity contribution in [3.8, 4) is 0 Å². The molecule has 0 aliphatic heterocycles. The van der Waals surface area contributed by atoms with E-state index in [1.54, 1.807) is 0 Å². The molecule has 0 bridgehead atoms. The number of aromatic nitrogens is 2. The number of hydrogen-bond acceptors (Lipinski definition) is 3. The van der Waals surface area contributed by atoms with Gasteiger partial charge in [0.1, 0.15) is 0 Å². The van der Waals surface area contributed by atoms with Gasteiger partial charge in [0, 0.05) is 18.3 Å². The average molecular weight is 343 g/mol. The first-order valence-corrected chi connectivity index (χ1v) is 8.98. The van der Waals surface area contributed by atoms with Crippen LogP contribution in [0.2, 0.25) is 0 Å². The summed E-state index contributed by atoms with van der Waals surface area (Å²) in [6.45, 7) is 6.10. The second-order valence-electron chi connectivity index (χ2n) is 6.46. The summed E-state index contributed by atoms with van der Waals surface area (Å²) >= 11 is 0. The van der Waals surface area contributed by atoms with E-state index in [0.717, 1.165) is 35.4 Å². The third kappa shape index (κ3) is 4.69. The van der Waals surface area contributed by atoms with Crippen molar-refractivity contribution >= 4 is 5.91 Å². The van der Waals surface area contributed by atoms with Crippen LogP contribution in [-0.2, 0) is 37.5 Å². The smallest absolute Gasteiger partial charge is 0.224 e. The highest BCUT2D eigenvalue weighted by Gasteiger charge is 2.19. The van der Waals surface area contributed by atoms with Gasteiger partial charge in [-0.05, 0) is 37.3 Å². The molecule has 2 rings (SSSR count). The molecule has 0 saturated heterocycles. The molecule has 5 heteroatoms. The summed E-state index contributed by atoms with van der Waals surface area (Å²) in [5, 5.41) is 17.2. The highest BCUT2D eigenvalue weighted by Crippen LogP contribution is 2.16. The lowest BCUT2D eigenvalue weighted by Crippen LogP contribution is -2.40. The van der Waals surface area contributed by atoms with Crippen molar-refractivity contribution in [1.29, 1.82) is 0 Å². The van der Waals surface area contributed by atoms with E-state index in [2.05, 4.69) is 24.3 Å². The molecule has 1 aromatic carbocycles. The molecule has 1 aromatic heterocycles. The van der Waals surface area contributed by atoms with E-state index >= 15 is 0 Å². The fourth-order valence-corrected chi connectivity index (χ4v) is 3.30. The molecule has 1 unspecified atom stereocenters. The zero-order valence-corrected chi connectivity index (χ0v) is 15.7. The number of rotatable bonds is 8. The molecule has 136 valence electrons. The number of aryl methyl sites for hydroxylation is 3. The van der Waals surface area contributed by atoms with Gasteiger partial charge in [0.25, 0.3) is 0 Å². The predicted octanol–water partition coefficient (Wildman–Crippen LogP) is 2.12. The number of aliphatic hydroxyl groups excluding tert-OH is 1. The van der Waals surface area contributed by atoms with Crippen molar-refractivity contribution in [1.82, 2.24) is 15.1 Å². The van der Waals surface area contributed by atoms with E-state index < -0.39 is 0 Å². The van der Waals surface area contributed by atoms with Gasteiger partial charge in [-0.1, -0.05) is 38.1 Å². The lowest BCUT2D eigenvalue weighted by atomic mass is 10.0. The minimum atomic E-state index is -0.277. The second-order valence-corrected chi connectivity index (χ2v) is 6.46. The molecule has 0 fully saturated rings. The van der Waals surface area contributed by atoms with Crippen molar-refractivity contribution in [2.24, 2.45) is 7.05 Å². The fourth-order valence-electron chi connectivity index (χ4n) is 3.30. The van der Waals surface area contributed by atoms with Gasteiger partial charge in [0.05, 0.1) is 24.8 Å². The Bertz CT molecular complexity index is 722. The van der Waals surface area contributed by atoms with Gasteiger partial charge in [-0.3, -0.25) is 9.48 Å². The summed E-state index contributed by atoms with van der Waals surface area (Å²) < 4.78 is 1.87. The molecule has 0 saturated carbocycles. The highest BCUT2D eigenvalue weighted by atomic mass is 16.3. The lowest BCUT2D eigenvalue weighted by Gasteiger charge is -2.18. The van der Waals surface area contributed by atoms with E-state index in [1.807, 2.05) is 42.9 Å². The zero-order chi connectivity index (χ0) is 18.4.